The highest BCUT2D eigenvalue weighted by atomic mass is 16.6. The standard InChI is InChI=1S/C12H16N2O2/c1-9-3-2-4-12(14(15)16)11(9)7-10-5-6-13-8-10/h2-4,10,13H,5-8H2,1H3. The number of nitrogens with zero attached hydrogens (tertiary/aromatic N) is 1. The summed E-state index contributed by atoms with van der Waals surface area (Å²) in [6, 6.07) is 5.30. The Bertz CT molecular complexity index is 398. The SMILES string of the molecule is Cc1cccc([N+](=O)[O-])c1CC1CCNC1. The molecule has 1 aliphatic rings. The lowest BCUT2D eigenvalue weighted by Crippen LogP contribution is -2.12. The van der Waals surface area contributed by atoms with Gasteiger partial charge in [-0.2, -0.15) is 0 Å². The molecule has 1 atom stereocenters. The molecule has 16 heavy (non-hydrogen) atoms. The van der Waals surface area contributed by atoms with Crippen molar-refractivity contribution in [3.8, 4) is 0 Å². The largest absolute Gasteiger partial charge is 0.316 e. The van der Waals surface area contributed by atoms with Crippen molar-refractivity contribution in [2.45, 2.75) is 19.8 Å². The van der Waals surface area contributed by atoms with Crippen LogP contribution in [0.2, 0.25) is 0 Å². The molecule has 1 aromatic carbocycles. The topological polar surface area (TPSA) is 55.2 Å². The monoisotopic (exact) mass is 220 g/mol. The van der Waals surface area contributed by atoms with Crippen LogP contribution in [0.1, 0.15) is 17.5 Å². The highest BCUT2D eigenvalue weighted by Gasteiger charge is 2.21. The molecule has 1 saturated heterocycles. The number of aryl methyl sites for hydroxylation is 1. The molecule has 0 saturated carbocycles. The minimum absolute atomic E-state index is 0.270. The van der Waals surface area contributed by atoms with Crippen molar-refractivity contribution in [3.63, 3.8) is 0 Å². The molecular formula is C12H16N2O2. The first-order chi connectivity index (χ1) is 7.68. The Morgan fingerprint density at radius 2 is 2.38 bits per heavy atom. The number of nitro groups is 1. The van der Waals surface area contributed by atoms with Gasteiger partial charge in [0, 0.05) is 11.6 Å². The Balaban J connectivity index is 2.26. The zero-order valence-corrected chi connectivity index (χ0v) is 9.40. The van der Waals surface area contributed by atoms with E-state index >= 15 is 0 Å². The summed E-state index contributed by atoms with van der Waals surface area (Å²) < 4.78 is 0. The van der Waals surface area contributed by atoms with Gasteiger partial charge in [0.25, 0.3) is 5.69 Å². The van der Waals surface area contributed by atoms with Gasteiger partial charge < -0.3 is 5.32 Å². The summed E-state index contributed by atoms with van der Waals surface area (Å²) in [6.07, 6.45) is 1.93. The fraction of sp³-hybridized carbons (Fsp3) is 0.500. The van der Waals surface area contributed by atoms with Gasteiger partial charge in [-0.05, 0) is 44.3 Å². The van der Waals surface area contributed by atoms with Crippen LogP contribution in [0.4, 0.5) is 5.69 Å². The van der Waals surface area contributed by atoms with E-state index in [2.05, 4.69) is 5.32 Å². The Morgan fingerprint density at radius 1 is 1.56 bits per heavy atom. The highest BCUT2D eigenvalue weighted by molar-refractivity contribution is 5.45. The molecule has 1 aliphatic heterocycles. The number of nitrogens with one attached hydrogen (secondary N) is 1. The van der Waals surface area contributed by atoms with E-state index in [4.69, 9.17) is 0 Å². The summed E-state index contributed by atoms with van der Waals surface area (Å²) in [6.45, 7) is 3.96. The Kier molecular flexibility index (Phi) is 3.19. The van der Waals surface area contributed by atoms with Crippen molar-refractivity contribution in [1.29, 1.82) is 0 Å². The highest BCUT2D eigenvalue weighted by Crippen LogP contribution is 2.26. The minimum Gasteiger partial charge on any atom is -0.316 e. The van der Waals surface area contributed by atoms with E-state index in [1.165, 1.54) is 0 Å². The average Bonchev–Trinajstić information content (AvgIpc) is 2.73. The van der Waals surface area contributed by atoms with Gasteiger partial charge in [-0.1, -0.05) is 12.1 Å². The molecule has 1 aromatic rings. The molecule has 4 heteroatoms. The summed E-state index contributed by atoms with van der Waals surface area (Å²) >= 11 is 0. The molecule has 1 heterocycles. The molecule has 0 bridgehead atoms. The number of benzene rings is 1. The van der Waals surface area contributed by atoms with E-state index < -0.39 is 0 Å². The quantitative estimate of drug-likeness (QED) is 0.626. The number of nitro benzene ring substituents is 1. The Morgan fingerprint density at radius 3 is 3.00 bits per heavy atom. The van der Waals surface area contributed by atoms with Gasteiger partial charge >= 0.3 is 0 Å². The summed E-state index contributed by atoms with van der Waals surface area (Å²) in [7, 11) is 0. The third kappa shape index (κ3) is 2.22. The minimum atomic E-state index is -0.273. The van der Waals surface area contributed by atoms with Crippen LogP contribution in [0.25, 0.3) is 0 Å². The van der Waals surface area contributed by atoms with Crippen LogP contribution in [0.15, 0.2) is 18.2 Å². The molecule has 4 nitrogen and oxygen atoms in total. The summed E-state index contributed by atoms with van der Waals surface area (Å²) in [5.41, 5.74) is 2.20. The van der Waals surface area contributed by atoms with Crippen LogP contribution in [0, 0.1) is 23.0 Å². The van der Waals surface area contributed by atoms with Crippen molar-refractivity contribution in [3.05, 3.63) is 39.4 Å². The van der Waals surface area contributed by atoms with E-state index in [1.807, 2.05) is 13.0 Å². The molecule has 1 fully saturated rings. The summed E-state index contributed by atoms with van der Waals surface area (Å²) in [5, 5.41) is 14.2. The van der Waals surface area contributed by atoms with Gasteiger partial charge in [0.15, 0.2) is 0 Å². The first-order valence-corrected chi connectivity index (χ1v) is 5.62. The second kappa shape index (κ2) is 4.61. The number of rotatable bonds is 3. The molecule has 86 valence electrons. The third-order valence-electron chi connectivity index (χ3n) is 3.24. The van der Waals surface area contributed by atoms with Gasteiger partial charge in [-0.25, -0.2) is 0 Å². The first kappa shape index (κ1) is 11.1. The van der Waals surface area contributed by atoms with Gasteiger partial charge in [0.1, 0.15) is 0 Å². The molecular weight excluding hydrogens is 204 g/mol. The van der Waals surface area contributed by atoms with Crippen molar-refractivity contribution in [2.75, 3.05) is 13.1 Å². The maximum absolute atomic E-state index is 10.9. The van der Waals surface area contributed by atoms with E-state index in [-0.39, 0.29) is 10.6 Å². The second-order valence-electron chi connectivity index (χ2n) is 4.39. The van der Waals surface area contributed by atoms with E-state index in [0.717, 1.165) is 37.1 Å². The van der Waals surface area contributed by atoms with Crippen molar-refractivity contribution in [2.24, 2.45) is 5.92 Å². The third-order valence-corrected chi connectivity index (χ3v) is 3.24. The van der Waals surface area contributed by atoms with Crippen molar-refractivity contribution in [1.82, 2.24) is 5.32 Å². The van der Waals surface area contributed by atoms with Crippen molar-refractivity contribution >= 4 is 5.69 Å². The van der Waals surface area contributed by atoms with E-state index in [9.17, 15) is 10.1 Å². The Labute approximate surface area is 94.8 Å². The van der Waals surface area contributed by atoms with Gasteiger partial charge in [0.05, 0.1) is 4.92 Å². The smallest absolute Gasteiger partial charge is 0.272 e. The normalized spacial score (nSPS) is 19.9. The number of hydrogen-bond donors (Lipinski definition) is 1. The predicted molar refractivity (Wildman–Crippen MR) is 62.5 cm³/mol. The van der Waals surface area contributed by atoms with E-state index in [1.54, 1.807) is 12.1 Å². The van der Waals surface area contributed by atoms with Crippen LogP contribution < -0.4 is 5.32 Å². The first-order valence-electron chi connectivity index (χ1n) is 5.62. The van der Waals surface area contributed by atoms with Crippen LogP contribution in [-0.2, 0) is 6.42 Å². The lowest BCUT2D eigenvalue weighted by molar-refractivity contribution is -0.385. The molecule has 1 N–H and O–H groups in total. The lowest BCUT2D eigenvalue weighted by Gasteiger charge is -2.11. The molecule has 0 spiro atoms. The van der Waals surface area contributed by atoms with Crippen LogP contribution >= 0.6 is 0 Å². The zero-order chi connectivity index (χ0) is 11.5. The molecule has 1 unspecified atom stereocenters. The molecule has 0 aromatic heterocycles. The molecule has 0 aliphatic carbocycles. The number of hydrogen-bond acceptors (Lipinski definition) is 3. The van der Waals surface area contributed by atoms with Crippen LogP contribution in [-0.4, -0.2) is 18.0 Å². The molecule has 0 radical (unpaired) electrons. The molecule has 2 rings (SSSR count). The lowest BCUT2D eigenvalue weighted by atomic mass is 9.94. The fourth-order valence-electron chi connectivity index (χ4n) is 2.30. The van der Waals surface area contributed by atoms with Gasteiger partial charge in [-0.15, -0.1) is 0 Å². The van der Waals surface area contributed by atoms with Crippen LogP contribution in [0.5, 0.6) is 0 Å². The molecule has 0 amide bonds. The zero-order valence-electron chi connectivity index (χ0n) is 9.40. The predicted octanol–water partition coefficient (Wildman–Crippen LogP) is 2.06. The maximum atomic E-state index is 10.9. The van der Waals surface area contributed by atoms with Crippen molar-refractivity contribution < 1.29 is 4.92 Å². The fourth-order valence-corrected chi connectivity index (χ4v) is 2.30. The van der Waals surface area contributed by atoms with Crippen LogP contribution in [0.3, 0.4) is 0 Å². The Hall–Kier alpha value is -1.42. The van der Waals surface area contributed by atoms with E-state index in [0.29, 0.717) is 5.92 Å². The summed E-state index contributed by atoms with van der Waals surface area (Å²) in [5.74, 6) is 0.541. The maximum Gasteiger partial charge on any atom is 0.272 e. The second-order valence-corrected chi connectivity index (χ2v) is 4.39. The van der Waals surface area contributed by atoms with Gasteiger partial charge in [-0.3, -0.25) is 10.1 Å². The average molecular weight is 220 g/mol. The van der Waals surface area contributed by atoms with Gasteiger partial charge in [0.2, 0.25) is 0 Å². The summed E-state index contributed by atoms with van der Waals surface area (Å²) in [4.78, 5) is 10.7.